The fourth-order valence-corrected chi connectivity index (χ4v) is 3.02. The van der Waals surface area contributed by atoms with Crippen LogP contribution in [0.1, 0.15) is 11.9 Å². The third-order valence-electron chi connectivity index (χ3n) is 3.08. The number of nitrogens with one attached hydrogen (secondary N) is 1. The van der Waals surface area contributed by atoms with Crippen molar-refractivity contribution in [2.45, 2.75) is 13.3 Å². The summed E-state index contributed by atoms with van der Waals surface area (Å²) < 4.78 is 19.3. The Balaban J connectivity index is 1.95. The first-order valence-electron chi connectivity index (χ1n) is 6.71. The third kappa shape index (κ3) is 2.84. The van der Waals surface area contributed by atoms with Crippen LogP contribution in [0.2, 0.25) is 5.02 Å². The topological polar surface area (TPSA) is 47.0 Å². The Morgan fingerprint density at radius 2 is 2.14 bits per heavy atom. The maximum atomic E-state index is 13.6. The number of hydrogen-bond acceptors (Lipinski definition) is 5. The van der Waals surface area contributed by atoms with Gasteiger partial charge in [0.05, 0.1) is 15.7 Å². The van der Waals surface area contributed by atoms with Crippen LogP contribution in [-0.2, 0) is 6.42 Å². The molecule has 1 aromatic carbocycles. The molecule has 0 bridgehead atoms. The number of halogens is 2. The average molecular weight is 338 g/mol. The van der Waals surface area contributed by atoms with Gasteiger partial charge in [0.2, 0.25) is 5.88 Å². The molecule has 0 saturated heterocycles. The van der Waals surface area contributed by atoms with Crippen molar-refractivity contribution in [3.63, 3.8) is 0 Å². The predicted octanol–water partition coefficient (Wildman–Crippen LogP) is 4.88. The minimum atomic E-state index is -0.432. The Labute approximate surface area is 135 Å². The van der Waals surface area contributed by atoms with Gasteiger partial charge in [0, 0.05) is 19.2 Å². The number of pyridine rings is 1. The second kappa shape index (κ2) is 6.06. The third-order valence-corrected chi connectivity index (χ3v) is 4.49. The SMILES string of the molecule is CCc1nc2ccc(Oc3cc(NC)c(F)cc3Cl)nc2s1. The molecule has 0 aliphatic heterocycles. The van der Waals surface area contributed by atoms with Crippen LogP contribution in [0.3, 0.4) is 0 Å². The fraction of sp³-hybridized carbons (Fsp3) is 0.200. The van der Waals surface area contributed by atoms with Crippen LogP contribution in [0.4, 0.5) is 10.1 Å². The molecule has 0 radical (unpaired) electrons. The Hall–Kier alpha value is -1.92. The van der Waals surface area contributed by atoms with E-state index in [0.29, 0.717) is 17.3 Å². The van der Waals surface area contributed by atoms with E-state index >= 15 is 0 Å². The van der Waals surface area contributed by atoms with Crippen LogP contribution < -0.4 is 10.1 Å². The molecule has 22 heavy (non-hydrogen) atoms. The second-order valence-corrected chi connectivity index (χ2v) is 6.02. The fourth-order valence-electron chi connectivity index (χ4n) is 1.96. The molecule has 0 aliphatic rings. The summed E-state index contributed by atoms with van der Waals surface area (Å²) in [6.07, 6.45) is 0.868. The number of anilines is 1. The number of aryl methyl sites for hydroxylation is 1. The van der Waals surface area contributed by atoms with Gasteiger partial charge in [0.25, 0.3) is 0 Å². The van der Waals surface area contributed by atoms with Gasteiger partial charge in [0.15, 0.2) is 0 Å². The normalized spacial score (nSPS) is 10.9. The first-order valence-corrected chi connectivity index (χ1v) is 7.91. The smallest absolute Gasteiger partial charge is 0.220 e. The van der Waals surface area contributed by atoms with Gasteiger partial charge in [-0.1, -0.05) is 29.9 Å². The zero-order valence-electron chi connectivity index (χ0n) is 12.0. The summed E-state index contributed by atoms with van der Waals surface area (Å²) in [5, 5.41) is 3.96. The van der Waals surface area contributed by atoms with Gasteiger partial charge in [-0.15, -0.1) is 0 Å². The highest BCUT2D eigenvalue weighted by Gasteiger charge is 2.11. The van der Waals surface area contributed by atoms with Gasteiger partial charge in [-0.3, -0.25) is 0 Å². The number of fused-ring (bicyclic) bond motifs is 1. The highest BCUT2D eigenvalue weighted by Crippen LogP contribution is 2.34. The molecule has 0 aliphatic carbocycles. The van der Waals surface area contributed by atoms with Crippen LogP contribution in [0.15, 0.2) is 24.3 Å². The average Bonchev–Trinajstić information content (AvgIpc) is 2.92. The van der Waals surface area contributed by atoms with E-state index in [0.717, 1.165) is 21.8 Å². The first-order chi connectivity index (χ1) is 10.6. The maximum Gasteiger partial charge on any atom is 0.220 e. The Bertz CT molecular complexity index is 837. The van der Waals surface area contributed by atoms with E-state index in [1.165, 1.54) is 23.5 Å². The van der Waals surface area contributed by atoms with Crippen LogP contribution in [0, 0.1) is 5.82 Å². The van der Waals surface area contributed by atoms with Crippen molar-refractivity contribution < 1.29 is 9.13 Å². The lowest BCUT2D eigenvalue weighted by Crippen LogP contribution is -1.95. The van der Waals surface area contributed by atoms with E-state index in [1.54, 1.807) is 13.1 Å². The number of hydrogen-bond donors (Lipinski definition) is 1. The van der Waals surface area contributed by atoms with Crippen LogP contribution in [0.5, 0.6) is 11.6 Å². The summed E-state index contributed by atoms with van der Waals surface area (Å²) in [4.78, 5) is 9.68. The molecular formula is C15H13ClFN3OS. The quantitative estimate of drug-likeness (QED) is 0.737. The number of nitrogens with zero attached hydrogens (tertiary/aromatic N) is 2. The van der Waals surface area contributed by atoms with E-state index in [-0.39, 0.29) is 5.02 Å². The molecule has 3 aromatic rings. The summed E-state index contributed by atoms with van der Waals surface area (Å²) in [5.41, 5.74) is 1.15. The molecule has 114 valence electrons. The van der Waals surface area contributed by atoms with E-state index in [9.17, 15) is 4.39 Å². The molecule has 0 atom stereocenters. The van der Waals surface area contributed by atoms with Crippen molar-refractivity contribution in [3.05, 3.63) is 40.1 Å². The highest BCUT2D eigenvalue weighted by atomic mass is 35.5. The number of benzene rings is 1. The standard InChI is InChI=1S/C15H13ClFN3OS/c1-3-14-19-10-4-5-13(20-15(10)22-14)21-12-7-11(18-2)9(17)6-8(12)16/h4-7,18H,3H2,1-2H3. The lowest BCUT2D eigenvalue weighted by atomic mass is 10.3. The van der Waals surface area contributed by atoms with Gasteiger partial charge in [-0.25, -0.2) is 14.4 Å². The molecule has 3 rings (SSSR count). The summed E-state index contributed by atoms with van der Waals surface area (Å²) in [6.45, 7) is 2.05. The predicted molar refractivity (Wildman–Crippen MR) is 87.8 cm³/mol. The van der Waals surface area contributed by atoms with Gasteiger partial charge in [-0.2, -0.15) is 0 Å². The summed E-state index contributed by atoms with van der Waals surface area (Å²) in [7, 11) is 1.63. The Morgan fingerprint density at radius 3 is 2.86 bits per heavy atom. The van der Waals surface area contributed by atoms with Crippen molar-refractivity contribution in [2.24, 2.45) is 0 Å². The van der Waals surface area contributed by atoms with Gasteiger partial charge >= 0.3 is 0 Å². The molecule has 4 nitrogen and oxygen atoms in total. The number of thiazole rings is 1. The van der Waals surface area contributed by atoms with Crippen LogP contribution in [0.25, 0.3) is 10.3 Å². The van der Waals surface area contributed by atoms with E-state index < -0.39 is 5.82 Å². The van der Waals surface area contributed by atoms with Crippen molar-refractivity contribution in [1.82, 2.24) is 9.97 Å². The highest BCUT2D eigenvalue weighted by molar-refractivity contribution is 7.18. The van der Waals surface area contributed by atoms with Crippen LogP contribution >= 0.6 is 22.9 Å². The van der Waals surface area contributed by atoms with Crippen molar-refractivity contribution in [3.8, 4) is 11.6 Å². The van der Waals surface area contributed by atoms with Crippen LogP contribution in [-0.4, -0.2) is 17.0 Å². The van der Waals surface area contributed by atoms with E-state index in [1.807, 2.05) is 13.0 Å². The number of rotatable bonds is 4. The molecule has 0 fully saturated rings. The molecular weight excluding hydrogens is 325 g/mol. The van der Waals surface area contributed by atoms with Gasteiger partial charge in [-0.05, 0) is 18.6 Å². The molecule has 0 unspecified atom stereocenters. The zero-order chi connectivity index (χ0) is 15.7. The maximum absolute atomic E-state index is 13.6. The number of ether oxygens (including phenoxy) is 1. The Kier molecular flexibility index (Phi) is 4.13. The largest absolute Gasteiger partial charge is 0.437 e. The second-order valence-electron chi connectivity index (χ2n) is 4.55. The molecule has 2 aromatic heterocycles. The molecule has 0 amide bonds. The Morgan fingerprint density at radius 1 is 1.32 bits per heavy atom. The minimum absolute atomic E-state index is 0.192. The van der Waals surface area contributed by atoms with Gasteiger partial charge < -0.3 is 10.1 Å². The van der Waals surface area contributed by atoms with E-state index in [2.05, 4.69) is 15.3 Å². The van der Waals surface area contributed by atoms with E-state index in [4.69, 9.17) is 16.3 Å². The van der Waals surface area contributed by atoms with Crippen molar-refractivity contribution >= 4 is 39.0 Å². The lowest BCUT2D eigenvalue weighted by molar-refractivity contribution is 0.464. The molecule has 1 N–H and O–H groups in total. The van der Waals surface area contributed by atoms with Crippen molar-refractivity contribution in [2.75, 3.05) is 12.4 Å². The monoisotopic (exact) mass is 337 g/mol. The van der Waals surface area contributed by atoms with Crippen molar-refractivity contribution in [1.29, 1.82) is 0 Å². The molecule has 0 spiro atoms. The molecule has 0 saturated carbocycles. The summed E-state index contributed by atoms with van der Waals surface area (Å²) >= 11 is 7.55. The first kappa shape index (κ1) is 15.0. The summed E-state index contributed by atoms with van der Waals surface area (Å²) in [6, 6.07) is 6.29. The van der Waals surface area contributed by atoms with Gasteiger partial charge in [0.1, 0.15) is 21.9 Å². The number of aromatic nitrogens is 2. The lowest BCUT2D eigenvalue weighted by Gasteiger charge is -2.09. The minimum Gasteiger partial charge on any atom is -0.437 e. The summed E-state index contributed by atoms with van der Waals surface area (Å²) in [5.74, 6) is 0.312. The molecule has 7 heteroatoms. The molecule has 2 heterocycles. The zero-order valence-corrected chi connectivity index (χ0v) is 13.6.